The van der Waals surface area contributed by atoms with Crippen LogP contribution < -0.4 is 4.90 Å². The largest absolute Gasteiger partial charge is 0.283 e. The van der Waals surface area contributed by atoms with Crippen molar-refractivity contribution < 1.29 is 4.79 Å². The first kappa shape index (κ1) is 19.8. The zero-order valence-corrected chi connectivity index (χ0v) is 18.5. The molecule has 29 heavy (non-hydrogen) atoms. The van der Waals surface area contributed by atoms with Gasteiger partial charge in [-0.05, 0) is 41.3 Å². The van der Waals surface area contributed by atoms with E-state index in [9.17, 15) is 4.79 Å². The summed E-state index contributed by atoms with van der Waals surface area (Å²) in [6.07, 6.45) is 1.35. The Morgan fingerprint density at radius 2 is 1.69 bits per heavy atom. The highest BCUT2D eigenvalue weighted by Gasteiger charge is 2.20. The van der Waals surface area contributed by atoms with Crippen LogP contribution in [0.15, 0.2) is 77.3 Å². The molecule has 1 amide bonds. The van der Waals surface area contributed by atoms with Gasteiger partial charge in [0.1, 0.15) is 0 Å². The minimum absolute atomic E-state index is 0.0521. The Bertz CT molecular complexity index is 1120. The summed E-state index contributed by atoms with van der Waals surface area (Å²) in [5.41, 5.74) is 4.29. The summed E-state index contributed by atoms with van der Waals surface area (Å²) in [6, 6.07) is 24.4. The number of amides is 1. The quantitative estimate of drug-likeness (QED) is 0.330. The van der Waals surface area contributed by atoms with Crippen molar-refractivity contribution in [2.75, 3.05) is 4.90 Å². The van der Waals surface area contributed by atoms with Crippen molar-refractivity contribution in [3.05, 3.63) is 94.0 Å². The number of anilines is 1. The van der Waals surface area contributed by atoms with Crippen LogP contribution in [0.1, 0.15) is 23.6 Å². The molecule has 0 saturated carbocycles. The Labute approximate surface area is 183 Å². The second kappa shape index (κ2) is 8.89. The number of hydrogen-bond donors (Lipinski definition) is 0. The second-order valence-corrected chi connectivity index (χ2v) is 8.85. The molecule has 0 aliphatic heterocycles. The molecule has 0 N–H and O–H groups in total. The molecule has 0 fully saturated rings. The van der Waals surface area contributed by atoms with Crippen LogP contribution in [-0.4, -0.2) is 10.9 Å². The molecule has 0 spiro atoms. The molecule has 1 heterocycles. The summed E-state index contributed by atoms with van der Waals surface area (Å²) in [5.74, 6) is 0.0521. The van der Waals surface area contributed by atoms with E-state index in [1.807, 2.05) is 65.6 Å². The summed E-state index contributed by atoms with van der Waals surface area (Å²) >= 11 is 5.06. The molecule has 0 atom stereocenters. The number of aryl methyl sites for hydroxylation is 1. The van der Waals surface area contributed by atoms with Gasteiger partial charge in [-0.25, -0.2) is 4.98 Å². The predicted octanol–water partition coefficient (Wildman–Crippen LogP) is 6.40. The fourth-order valence-corrected chi connectivity index (χ4v) is 4.73. The highest BCUT2D eigenvalue weighted by molar-refractivity contribution is 9.10. The standard InChI is InChI=1S/C24H21BrN2OS/c1-2-17-8-10-18(11-9-17)14-23(28)27(16-19-6-4-3-5-7-19)24-26-21-13-12-20(25)15-22(21)29-24/h3-13,15H,2,14,16H2,1H3. The number of benzene rings is 3. The van der Waals surface area contributed by atoms with Gasteiger partial charge in [-0.2, -0.15) is 0 Å². The van der Waals surface area contributed by atoms with Gasteiger partial charge in [-0.15, -0.1) is 0 Å². The fraction of sp³-hybridized carbons (Fsp3) is 0.167. The summed E-state index contributed by atoms with van der Waals surface area (Å²) in [7, 11) is 0. The lowest BCUT2D eigenvalue weighted by Crippen LogP contribution is -2.31. The highest BCUT2D eigenvalue weighted by atomic mass is 79.9. The summed E-state index contributed by atoms with van der Waals surface area (Å²) < 4.78 is 2.07. The maximum Gasteiger partial charge on any atom is 0.233 e. The lowest BCUT2D eigenvalue weighted by Gasteiger charge is -2.20. The van der Waals surface area contributed by atoms with Crippen LogP contribution in [-0.2, 0) is 24.2 Å². The van der Waals surface area contributed by atoms with E-state index in [2.05, 4.69) is 35.0 Å². The van der Waals surface area contributed by atoms with Crippen LogP contribution in [0.25, 0.3) is 10.2 Å². The molecule has 3 nitrogen and oxygen atoms in total. The van der Waals surface area contributed by atoms with E-state index in [1.165, 1.54) is 5.56 Å². The number of carbonyl (C=O) groups is 1. The van der Waals surface area contributed by atoms with Crippen LogP contribution in [0, 0.1) is 0 Å². The monoisotopic (exact) mass is 464 g/mol. The molecular weight excluding hydrogens is 444 g/mol. The minimum atomic E-state index is 0.0521. The Morgan fingerprint density at radius 1 is 0.966 bits per heavy atom. The SMILES string of the molecule is CCc1ccc(CC(=O)N(Cc2ccccc2)c2nc3ccc(Br)cc3s2)cc1. The molecule has 0 aliphatic rings. The van der Waals surface area contributed by atoms with Crippen molar-refractivity contribution in [2.45, 2.75) is 26.3 Å². The van der Waals surface area contributed by atoms with Crippen LogP contribution in [0.4, 0.5) is 5.13 Å². The number of carbonyl (C=O) groups excluding carboxylic acids is 1. The Balaban J connectivity index is 1.65. The maximum atomic E-state index is 13.3. The summed E-state index contributed by atoms with van der Waals surface area (Å²) in [4.78, 5) is 19.8. The van der Waals surface area contributed by atoms with Crippen molar-refractivity contribution in [3.8, 4) is 0 Å². The van der Waals surface area contributed by atoms with Crippen LogP contribution in [0.2, 0.25) is 0 Å². The number of aromatic nitrogens is 1. The molecule has 0 aliphatic carbocycles. The van der Waals surface area contributed by atoms with Crippen LogP contribution in [0.3, 0.4) is 0 Å². The van der Waals surface area contributed by atoms with E-state index < -0.39 is 0 Å². The lowest BCUT2D eigenvalue weighted by atomic mass is 10.1. The first-order valence-corrected chi connectivity index (χ1v) is 11.2. The zero-order chi connectivity index (χ0) is 20.2. The van der Waals surface area contributed by atoms with Gasteiger partial charge < -0.3 is 0 Å². The highest BCUT2D eigenvalue weighted by Crippen LogP contribution is 2.32. The fourth-order valence-electron chi connectivity index (χ4n) is 3.19. The summed E-state index contributed by atoms with van der Waals surface area (Å²) in [6.45, 7) is 2.64. The third-order valence-corrected chi connectivity index (χ3v) is 6.38. The van der Waals surface area contributed by atoms with Gasteiger partial charge in [0.15, 0.2) is 5.13 Å². The first-order chi connectivity index (χ1) is 14.1. The van der Waals surface area contributed by atoms with E-state index in [4.69, 9.17) is 4.98 Å². The number of halogens is 1. The molecule has 0 unspecified atom stereocenters. The number of fused-ring (bicyclic) bond motifs is 1. The second-order valence-electron chi connectivity index (χ2n) is 6.92. The number of hydrogen-bond acceptors (Lipinski definition) is 3. The molecule has 5 heteroatoms. The van der Waals surface area contributed by atoms with Crippen LogP contribution >= 0.6 is 27.3 Å². The smallest absolute Gasteiger partial charge is 0.233 e. The molecule has 1 aromatic heterocycles. The van der Waals surface area contributed by atoms with E-state index >= 15 is 0 Å². The molecule has 3 aromatic carbocycles. The molecule has 0 bridgehead atoms. The van der Waals surface area contributed by atoms with E-state index in [0.717, 1.165) is 37.4 Å². The third kappa shape index (κ3) is 4.74. The third-order valence-electron chi connectivity index (χ3n) is 4.84. The van der Waals surface area contributed by atoms with Crippen LogP contribution in [0.5, 0.6) is 0 Å². The number of rotatable bonds is 6. The van der Waals surface area contributed by atoms with E-state index in [0.29, 0.717) is 13.0 Å². The molecular formula is C24H21BrN2OS. The zero-order valence-electron chi connectivity index (χ0n) is 16.1. The molecule has 0 radical (unpaired) electrons. The lowest BCUT2D eigenvalue weighted by molar-refractivity contribution is -0.118. The average Bonchev–Trinajstić information content (AvgIpc) is 3.16. The van der Waals surface area contributed by atoms with Crippen molar-refractivity contribution in [1.82, 2.24) is 4.98 Å². The Morgan fingerprint density at radius 3 is 2.41 bits per heavy atom. The van der Waals surface area contributed by atoms with E-state index in [-0.39, 0.29) is 5.91 Å². The number of nitrogens with zero attached hydrogens (tertiary/aromatic N) is 2. The minimum Gasteiger partial charge on any atom is -0.283 e. The molecule has 146 valence electrons. The van der Waals surface area contributed by atoms with Gasteiger partial charge >= 0.3 is 0 Å². The number of thiazole rings is 1. The first-order valence-electron chi connectivity index (χ1n) is 9.60. The average molecular weight is 465 g/mol. The van der Waals surface area contributed by atoms with Gasteiger partial charge in [0.2, 0.25) is 5.91 Å². The van der Waals surface area contributed by atoms with Crippen molar-refractivity contribution in [3.63, 3.8) is 0 Å². The van der Waals surface area contributed by atoms with Gasteiger partial charge in [-0.3, -0.25) is 9.69 Å². The van der Waals surface area contributed by atoms with Gasteiger partial charge in [0.25, 0.3) is 0 Å². The van der Waals surface area contributed by atoms with Crippen molar-refractivity contribution in [1.29, 1.82) is 0 Å². The molecule has 4 aromatic rings. The van der Waals surface area contributed by atoms with Gasteiger partial charge in [0.05, 0.1) is 23.2 Å². The predicted molar refractivity (Wildman–Crippen MR) is 124 cm³/mol. The molecule has 4 rings (SSSR count). The van der Waals surface area contributed by atoms with E-state index in [1.54, 1.807) is 11.3 Å². The maximum absolute atomic E-state index is 13.3. The van der Waals surface area contributed by atoms with Crippen molar-refractivity contribution >= 4 is 48.5 Å². The topological polar surface area (TPSA) is 33.2 Å². The Kier molecular flexibility index (Phi) is 6.07. The summed E-state index contributed by atoms with van der Waals surface area (Å²) in [5, 5.41) is 0.733. The van der Waals surface area contributed by atoms with Gasteiger partial charge in [0, 0.05) is 4.47 Å². The van der Waals surface area contributed by atoms with Crippen molar-refractivity contribution in [2.24, 2.45) is 0 Å². The normalized spacial score (nSPS) is 11.0. The Hall–Kier alpha value is -2.50. The molecule has 0 saturated heterocycles. The van der Waals surface area contributed by atoms with Gasteiger partial charge in [-0.1, -0.05) is 88.8 Å².